The van der Waals surface area contributed by atoms with Crippen molar-refractivity contribution in [3.05, 3.63) is 65.6 Å². The van der Waals surface area contributed by atoms with E-state index in [0.29, 0.717) is 5.58 Å². The lowest BCUT2D eigenvalue weighted by atomic mass is 9.48. The van der Waals surface area contributed by atoms with Crippen LogP contribution in [0, 0.1) is 30.5 Å². The molecule has 4 bridgehead atoms. The van der Waals surface area contributed by atoms with Gasteiger partial charge in [0.1, 0.15) is 24.0 Å². The number of rotatable bonds is 2. The Morgan fingerprint density at radius 3 is 2.34 bits per heavy atom. The second-order valence-electron chi connectivity index (χ2n) is 11.0. The summed E-state index contributed by atoms with van der Waals surface area (Å²) < 4.78 is 24.2. The highest BCUT2D eigenvalue weighted by atomic mass is 19.1. The van der Waals surface area contributed by atoms with Crippen LogP contribution in [0.5, 0.6) is 0 Å². The van der Waals surface area contributed by atoms with Crippen LogP contribution in [0.1, 0.15) is 49.7 Å². The molecular formula is C29H29FNO+. The van der Waals surface area contributed by atoms with Gasteiger partial charge in [0.15, 0.2) is 6.20 Å². The molecule has 162 valence electrons. The molecule has 8 rings (SSSR count). The van der Waals surface area contributed by atoms with Gasteiger partial charge in [-0.3, -0.25) is 0 Å². The van der Waals surface area contributed by atoms with Crippen molar-refractivity contribution in [3.63, 3.8) is 0 Å². The Morgan fingerprint density at radius 2 is 1.66 bits per heavy atom. The van der Waals surface area contributed by atoms with E-state index in [-0.39, 0.29) is 11.2 Å². The number of hydrogen-bond donors (Lipinski definition) is 0. The summed E-state index contributed by atoms with van der Waals surface area (Å²) in [7, 11) is 2.06. The largest absolute Gasteiger partial charge is 0.455 e. The number of halogens is 1. The van der Waals surface area contributed by atoms with Crippen molar-refractivity contribution in [1.82, 2.24) is 0 Å². The third-order valence-corrected chi connectivity index (χ3v) is 8.86. The van der Waals surface area contributed by atoms with Crippen LogP contribution in [0.15, 0.2) is 53.1 Å². The number of benzene rings is 2. The molecule has 3 heteroatoms. The van der Waals surface area contributed by atoms with Gasteiger partial charge in [0.2, 0.25) is 5.69 Å². The maximum absolute atomic E-state index is 15.7. The minimum absolute atomic E-state index is 0.0377. The molecule has 0 unspecified atom stereocenters. The van der Waals surface area contributed by atoms with Crippen LogP contribution in [0.3, 0.4) is 0 Å². The van der Waals surface area contributed by atoms with Gasteiger partial charge < -0.3 is 4.42 Å². The molecule has 0 radical (unpaired) electrons. The number of aryl methyl sites for hydroxylation is 2. The van der Waals surface area contributed by atoms with Gasteiger partial charge in [0, 0.05) is 29.0 Å². The number of pyridine rings is 1. The summed E-state index contributed by atoms with van der Waals surface area (Å²) in [6, 6.07) is 14.4. The van der Waals surface area contributed by atoms with E-state index in [0.717, 1.165) is 50.9 Å². The van der Waals surface area contributed by atoms with Gasteiger partial charge in [-0.05, 0) is 91.9 Å². The van der Waals surface area contributed by atoms with Crippen molar-refractivity contribution in [2.45, 2.75) is 50.9 Å². The van der Waals surface area contributed by atoms with Crippen molar-refractivity contribution < 1.29 is 13.4 Å². The normalized spacial score (nSPS) is 28.8. The molecule has 4 fully saturated rings. The van der Waals surface area contributed by atoms with Gasteiger partial charge in [-0.2, -0.15) is 0 Å². The summed E-state index contributed by atoms with van der Waals surface area (Å²) in [5, 5.41) is 2.16. The first-order valence-corrected chi connectivity index (χ1v) is 12.1. The third kappa shape index (κ3) is 2.54. The summed E-state index contributed by atoms with van der Waals surface area (Å²) in [4.78, 5) is 0. The number of hydrogen-bond acceptors (Lipinski definition) is 1. The van der Waals surface area contributed by atoms with Crippen molar-refractivity contribution in [2.24, 2.45) is 24.8 Å². The fourth-order valence-electron chi connectivity index (χ4n) is 7.91. The number of nitrogens with zero attached hydrogens (tertiary/aromatic N) is 1. The van der Waals surface area contributed by atoms with E-state index in [9.17, 15) is 0 Å². The van der Waals surface area contributed by atoms with E-state index in [1.807, 2.05) is 6.07 Å². The highest BCUT2D eigenvalue weighted by Gasteiger charge is 2.52. The van der Waals surface area contributed by atoms with Gasteiger partial charge in [-0.25, -0.2) is 8.96 Å². The fraction of sp³-hybridized carbons (Fsp3) is 0.414. The first-order valence-electron chi connectivity index (χ1n) is 12.1. The predicted octanol–water partition coefficient (Wildman–Crippen LogP) is 6.99. The Morgan fingerprint density at radius 1 is 0.938 bits per heavy atom. The average Bonchev–Trinajstić information content (AvgIpc) is 3.10. The molecule has 4 aliphatic carbocycles. The molecule has 0 N–H and O–H groups in total. The lowest BCUT2D eigenvalue weighted by molar-refractivity contribution is -0.660. The molecule has 0 atom stereocenters. The molecule has 0 spiro atoms. The number of fused-ring (bicyclic) bond motifs is 3. The van der Waals surface area contributed by atoms with E-state index in [4.69, 9.17) is 4.42 Å². The number of furan rings is 1. The van der Waals surface area contributed by atoms with Gasteiger partial charge in [0.05, 0.1) is 5.56 Å². The van der Waals surface area contributed by atoms with Crippen molar-refractivity contribution in [3.8, 4) is 11.3 Å². The quantitative estimate of drug-likeness (QED) is 0.316. The van der Waals surface area contributed by atoms with E-state index in [1.54, 1.807) is 6.07 Å². The predicted molar refractivity (Wildman–Crippen MR) is 125 cm³/mol. The summed E-state index contributed by atoms with van der Waals surface area (Å²) in [6.07, 6.45) is 9.67. The fourth-order valence-corrected chi connectivity index (χ4v) is 7.91. The van der Waals surface area contributed by atoms with Crippen LogP contribution < -0.4 is 4.57 Å². The number of aromatic nitrogens is 1. The molecule has 0 amide bonds. The van der Waals surface area contributed by atoms with Crippen LogP contribution in [-0.2, 0) is 12.5 Å². The molecule has 2 aromatic heterocycles. The topological polar surface area (TPSA) is 17.0 Å². The van der Waals surface area contributed by atoms with E-state index >= 15 is 4.39 Å². The monoisotopic (exact) mass is 426 g/mol. The van der Waals surface area contributed by atoms with Gasteiger partial charge in [0.25, 0.3) is 0 Å². The van der Waals surface area contributed by atoms with Gasteiger partial charge >= 0.3 is 0 Å². The minimum Gasteiger partial charge on any atom is -0.455 e. The summed E-state index contributed by atoms with van der Waals surface area (Å²) in [5.41, 5.74) is 5.89. The second-order valence-corrected chi connectivity index (χ2v) is 11.0. The van der Waals surface area contributed by atoms with Crippen molar-refractivity contribution >= 4 is 21.9 Å². The highest BCUT2D eigenvalue weighted by molar-refractivity contribution is 6.10. The molecular weight excluding hydrogens is 397 g/mol. The molecule has 2 aromatic carbocycles. The Balaban J connectivity index is 1.46. The third-order valence-electron chi connectivity index (χ3n) is 8.86. The van der Waals surface area contributed by atoms with Crippen LogP contribution in [0.4, 0.5) is 4.39 Å². The van der Waals surface area contributed by atoms with Crippen LogP contribution in [-0.4, -0.2) is 0 Å². The maximum Gasteiger partial charge on any atom is 0.216 e. The SMILES string of the molecule is Cc1ccc2c(oc3cc(F)c(C45CC6CC(CC(C6)C4)C5)cc32)c1-c1cccc[n+]1C. The van der Waals surface area contributed by atoms with Crippen LogP contribution in [0.2, 0.25) is 0 Å². The smallest absolute Gasteiger partial charge is 0.216 e. The summed E-state index contributed by atoms with van der Waals surface area (Å²) in [6.45, 7) is 2.12. The average molecular weight is 427 g/mol. The lowest BCUT2D eigenvalue weighted by Crippen LogP contribution is -2.48. The second kappa shape index (κ2) is 6.43. The van der Waals surface area contributed by atoms with E-state index in [1.165, 1.54) is 44.1 Å². The molecule has 2 heterocycles. The standard InChI is InChI=1S/C29H29FNO/c1-17-6-7-21-22-12-23(29-14-18-9-19(15-29)11-20(10-18)16-29)24(30)13-26(22)32-28(21)27(17)25-5-3-4-8-31(25)2/h3-8,12-13,18-20H,9-11,14-16H2,1-2H3/q+1. The molecule has 32 heavy (non-hydrogen) atoms. The zero-order chi connectivity index (χ0) is 21.6. The van der Waals surface area contributed by atoms with Gasteiger partial charge in [-0.1, -0.05) is 12.1 Å². The Labute approximate surface area is 188 Å². The molecule has 4 aliphatic rings. The minimum atomic E-state index is -0.0676. The van der Waals surface area contributed by atoms with Crippen molar-refractivity contribution in [2.75, 3.05) is 0 Å². The zero-order valence-electron chi connectivity index (χ0n) is 18.8. The molecule has 4 saturated carbocycles. The van der Waals surface area contributed by atoms with Crippen molar-refractivity contribution in [1.29, 1.82) is 0 Å². The highest BCUT2D eigenvalue weighted by Crippen LogP contribution is 2.61. The summed E-state index contributed by atoms with van der Waals surface area (Å²) >= 11 is 0. The first kappa shape index (κ1) is 18.8. The van der Waals surface area contributed by atoms with Gasteiger partial charge in [-0.15, -0.1) is 0 Å². The molecule has 0 aliphatic heterocycles. The molecule has 4 aromatic rings. The van der Waals surface area contributed by atoms with E-state index < -0.39 is 0 Å². The lowest BCUT2D eigenvalue weighted by Gasteiger charge is -2.57. The first-order chi connectivity index (χ1) is 15.5. The zero-order valence-corrected chi connectivity index (χ0v) is 18.8. The Kier molecular flexibility index (Phi) is 3.79. The van der Waals surface area contributed by atoms with Crippen LogP contribution >= 0.6 is 0 Å². The molecule has 0 saturated heterocycles. The Bertz CT molecular complexity index is 1360. The van der Waals surface area contributed by atoms with Crippen LogP contribution in [0.25, 0.3) is 33.2 Å². The summed E-state index contributed by atoms with van der Waals surface area (Å²) in [5.74, 6) is 2.32. The Hall–Kier alpha value is -2.68. The van der Waals surface area contributed by atoms with E-state index in [2.05, 4.69) is 55.1 Å². The molecule has 2 nitrogen and oxygen atoms in total. The maximum atomic E-state index is 15.7.